The summed E-state index contributed by atoms with van der Waals surface area (Å²) in [6.45, 7) is 7.75. The molecule has 0 aliphatic rings. The van der Waals surface area contributed by atoms with E-state index in [0.717, 1.165) is 18.9 Å². The summed E-state index contributed by atoms with van der Waals surface area (Å²) in [6.07, 6.45) is 6.37. The number of aryl methyl sites for hydroxylation is 1. The summed E-state index contributed by atoms with van der Waals surface area (Å²) in [5.41, 5.74) is 1.32. The Morgan fingerprint density at radius 3 is 2.67 bits per heavy atom. The SMILES string of the molecule is CCNC(Cc1cnn(C)c1)CC(C)C. The minimum Gasteiger partial charge on any atom is -0.314 e. The first-order chi connectivity index (χ1) is 7.11. The van der Waals surface area contributed by atoms with Crippen LogP contribution in [0.5, 0.6) is 0 Å². The number of nitrogens with one attached hydrogen (secondary N) is 1. The largest absolute Gasteiger partial charge is 0.314 e. The molecule has 1 rings (SSSR count). The second-order valence-electron chi connectivity index (χ2n) is 4.61. The number of hydrogen-bond donors (Lipinski definition) is 1. The maximum absolute atomic E-state index is 4.20. The molecule has 1 heterocycles. The summed E-state index contributed by atoms with van der Waals surface area (Å²) in [7, 11) is 1.97. The monoisotopic (exact) mass is 209 g/mol. The van der Waals surface area contributed by atoms with E-state index in [1.165, 1.54) is 12.0 Å². The van der Waals surface area contributed by atoms with Crippen LogP contribution in [0.4, 0.5) is 0 Å². The fourth-order valence-corrected chi connectivity index (χ4v) is 1.96. The Bertz CT molecular complexity index is 278. The molecule has 86 valence electrons. The first-order valence-corrected chi connectivity index (χ1v) is 5.82. The molecular weight excluding hydrogens is 186 g/mol. The van der Waals surface area contributed by atoms with E-state index in [1.807, 2.05) is 17.9 Å². The van der Waals surface area contributed by atoms with Gasteiger partial charge in [0.25, 0.3) is 0 Å². The average Bonchev–Trinajstić information content (AvgIpc) is 2.50. The van der Waals surface area contributed by atoms with Crippen molar-refractivity contribution in [2.75, 3.05) is 6.54 Å². The zero-order chi connectivity index (χ0) is 11.3. The van der Waals surface area contributed by atoms with Gasteiger partial charge in [-0.2, -0.15) is 5.10 Å². The maximum Gasteiger partial charge on any atom is 0.0522 e. The number of nitrogens with zero attached hydrogens (tertiary/aromatic N) is 2. The molecule has 3 heteroatoms. The molecule has 0 saturated heterocycles. The first kappa shape index (κ1) is 12.2. The maximum atomic E-state index is 4.20. The molecule has 1 aromatic rings. The number of aromatic nitrogens is 2. The fourth-order valence-electron chi connectivity index (χ4n) is 1.96. The molecule has 0 amide bonds. The van der Waals surface area contributed by atoms with E-state index in [-0.39, 0.29) is 0 Å². The molecule has 1 aromatic heterocycles. The lowest BCUT2D eigenvalue weighted by Gasteiger charge is -2.19. The van der Waals surface area contributed by atoms with Crippen molar-refractivity contribution in [1.82, 2.24) is 15.1 Å². The van der Waals surface area contributed by atoms with Crippen molar-refractivity contribution in [3.63, 3.8) is 0 Å². The average molecular weight is 209 g/mol. The van der Waals surface area contributed by atoms with E-state index < -0.39 is 0 Å². The molecule has 0 aromatic carbocycles. The first-order valence-electron chi connectivity index (χ1n) is 5.82. The Labute approximate surface area is 92.9 Å². The minimum atomic E-state index is 0.583. The smallest absolute Gasteiger partial charge is 0.0522 e. The second-order valence-corrected chi connectivity index (χ2v) is 4.61. The van der Waals surface area contributed by atoms with Crippen molar-refractivity contribution in [3.05, 3.63) is 18.0 Å². The van der Waals surface area contributed by atoms with Gasteiger partial charge in [-0.3, -0.25) is 4.68 Å². The molecule has 0 fully saturated rings. The van der Waals surface area contributed by atoms with E-state index >= 15 is 0 Å². The van der Waals surface area contributed by atoms with E-state index in [2.05, 4.69) is 37.4 Å². The number of rotatable bonds is 6. The normalized spacial score (nSPS) is 13.4. The third kappa shape index (κ3) is 4.47. The van der Waals surface area contributed by atoms with Crippen LogP contribution in [0.2, 0.25) is 0 Å². The van der Waals surface area contributed by atoms with Gasteiger partial charge in [-0.1, -0.05) is 20.8 Å². The Kier molecular flexibility index (Phi) is 4.82. The van der Waals surface area contributed by atoms with Crippen LogP contribution < -0.4 is 5.32 Å². The Balaban J connectivity index is 2.50. The topological polar surface area (TPSA) is 29.9 Å². The lowest BCUT2D eigenvalue weighted by atomic mass is 9.99. The van der Waals surface area contributed by atoms with Crippen LogP contribution in [-0.2, 0) is 13.5 Å². The highest BCUT2D eigenvalue weighted by Gasteiger charge is 2.11. The summed E-state index contributed by atoms with van der Waals surface area (Å²) in [6, 6.07) is 0.583. The molecule has 1 unspecified atom stereocenters. The summed E-state index contributed by atoms with van der Waals surface area (Å²) >= 11 is 0. The van der Waals surface area contributed by atoms with Crippen LogP contribution in [-0.4, -0.2) is 22.4 Å². The molecule has 1 atom stereocenters. The predicted molar refractivity (Wildman–Crippen MR) is 63.8 cm³/mol. The molecule has 0 bridgehead atoms. The quantitative estimate of drug-likeness (QED) is 0.776. The summed E-state index contributed by atoms with van der Waals surface area (Å²) in [4.78, 5) is 0. The molecule has 0 aliphatic carbocycles. The number of likely N-dealkylation sites (N-methyl/N-ethyl adjacent to an activating group) is 1. The van der Waals surface area contributed by atoms with Gasteiger partial charge in [0.2, 0.25) is 0 Å². The molecular formula is C12H23N3. The van der Waals surface area contributed by atoms with Crippen LogP contribution in [0, 0.1) is 5.92 Å². The Hall–Kier alpha value is -0.830. The third-order valence-corrected chi connectivity index (χ3v) is 2.49. The van der Waals surface area contributed by atoms with Crippen molar-refractivity contribution in [2.24, 2.45) is 13.0 Å². The van der Waals surface area contributed by atoms with Gasteiger partial charge in [-0.15, -0.1) is 0 Å². The van der Waals surface area contributed by atoms with Crippen LogP contribution in [0.15, 0.2) is 12.4 Å². The highest BCUT2D eigenvalue weighted by Crippen LogP contribution is 2.10. The Morgan fingerprint density at radius 2 is 2.20 bits per heavy atom. The molecule has 15 heavy (non-hydrogen) atoms. The van der Waals surface area contributed by atoms with Gasteiger partial charge in [0, 0.05) is 19.3 Å². The number of hydrogen-bond acceptors (Lipinski definition) is 2. The molecule has 1 N–H and O–H groups in total. The van der Waals surface area contributed by atoms with E-state index in [0.29, 0.717) is 6.04 Å². The van der Waals surface area contributed by atoms with E-state index in [9.17, 15) is 0 Å². The van der Waals surface area contributed by atoms with Gasteiger partial charge < -0.3 is 5.32 Å². The van der Waals surface area contributed by atoms with Crippen molar-refractivity contribution in [1.29, 1.82) is 0 Å². The highest BCUT2D eigenvalue weighted by molar-refractivity contribution is 5.05. The molecule has 0 spiro atoms. The van der Waals surface area contributed by atoms with Gasteiger partial charge in [-0.25, -0.2) is 0 Å². The van der Waals surface area contributed by atoms with Gasteiger partial charge in [0.15, 0.2) is 0 Å². The summed E-state index contributed by atoms with van der Waals surface area (Å²) < 4.78 is 1.87. The fraction of sp³-hybridized carbons (Fsp3) is 0.750. The molecule has 0 radical (unpaired) electrons. The molecule has 3 nitrogen and oxygen atoms in total. The molecule has 0 aliphatic heterocycles. The van der Waals surface area contributed by atoms with Gasteiger partial charge in [0.1, 0.15) is 0 Å². The van der Waals surface area contributed by atoms with Crippen molar-refractivity contribution in [2.45, 2.75) is 39.7 Å². The lowest BCUT2D eigenvalue weighted by Crippen LogP contribution is -2.32. The van der Waals surface area contributed by atoms with Crippen LogP contribution in [0.3, 0.4) is 0 Å². The highest BCUT2D eigenvalue weighted by atomic mass is 15.2. The standard InChI is InChI=1S/C12H23N3/c1-5-13-12(6-10(2)3)7-11-8-14-15(4)9-11/h8-10,12-13H,5-7H2,1-4H3. The molecule has 0 saturated carbocycles. The summed E-state index contributed by atoms with van der Waals surface area (Å²) in [5.74, 6) is 0.741. The summed E-state index contributed by atoms with van der Waals surface area (Å²) in [5, 5.41) is 7.73. The van der Waals surface area contributed by atoms with E-state index in [4.69, 9.17) is 0 Å². The second kappa shape index (κ2) is 5.91. The predicted octanol–water partition coefficient (Wildman–Crippen LogP) is 1.99. The van der Waals surface area contributed by atoms with Gasteiger partial charge >= 0.3 is 0 Å². The van der Waals surface area contributed by atoms with Crippen molar-refractivity contribution < 1.29 is 0 Å². The van der Waals surface area contributed by atoms with Crippen LogP contribution >= 0.6 is 0 Å². The van der Waals surface area contributed by atoms with Crippen molar-refractivity contribution >= 4 is 0 Å². The lowest BCUT2D eigenvalue weighted by molar-refractivity contribution is 0.424. The zero-order valence-corrected chi connectivity index (χ0v) is 10.3. The third-order valence-electron chi connectivity index (χ3n) is 2.49. The van der Waals surface area contributed by atoms with Gasteiger partial charge in [0.05, 0.1) is 6.20 Å². The van der Waals surface area contributed by atoms with Crippen molar-refractivity contribution in [3.8, 4) is 0 Å². The van der Waals surface area contributed by atoms with Gasteiger partial charge in [-0.05, 0) is 30.9 Å². The van der Waals surface area contributed by atoms with E-state index in [1.54, 1.807) is 0 Å². The zero-order valence-electron chi connectivity index (χ0n) is 10.3. The minimum absolute atomic E-state index is 0.583. The Morgan fingerprint density at radius 1 is 1.47 bits per heavy atom. The van der Waals surface area contributed by atoms with Crippen LogP contribution in [0.1, 0.15) is 32.8 Å². The van der Waals surface area contributed by atoms with Crippen LogP contribution in [0.25, 0.3) is 0 Å².